The fraction of sp³-hybridized carbons (Fsp3) is 0.474. The SMILES string of the molecule is Cc1cc(C)n(-c2ccc(-c3noc(CCC4CCNCC4)n3)cn2)n1. The number of piperidine rings is 1. The van der Waals surface area contributed by atoms with E-state index < -0.39 is 0 Å². The molecule has 3 aromatic heterocycles. The minimum Gasteiger partial charge on any atom is -0.339 e. The standard InChI is InChI=1S/C19H24N6O/c1-13-11-14(2)25(23-13)17-5-4-16(12-21-17)19-22-18(26-24-19)6-3-15-7-9-20-10-8-15/h4-5,11-12,15,20H,3,6-10H2,1-2H3. The molecule has 4 rings (SSSR count). The van der Waals surface area contributed by atoms with Gasteiger partial charge in [-0.15, -0.1) is 0 Å². The third kappa shape index (κ3) is 3.67. The Labute approximate surface area is 152 Å². The lowest BCUT2D eigenvalue weighted by atomic mass is 9.93. The molecule has 0 amide bonds. The van der Waals surface area contributed by atoms with E-state index in [2.05, 4.69) is 25.5 Å². The van der Waals surface area contributed by atoms with Gasteiger partial charge in [-0.25, -0.2) is 9.67 Å². The summed E-state index contributed by atoms with van der Waals surface area (Å²) in [6.07, 6.45) is 6.19. The van der Waals surface area contributed by atoms with Crippen LogP contribution in [0.2, 0.25) is 0 Å². The van der Waals surface area contributed by atoms with E-state index in [1.807, 2.05) is 36.7 Å². The summed E-state index contributed by atoms with van der Waals surface area (Å²) in [4.78, 5) is 9.03. The van der Waals surface area contributed by atoms with Crippen molar-refractivity contribution in [3.63, 3.8) is 0 Å². The average Bonchev–Trinajstić information content (AvgIpc) is 3.27. The highest BCUT2D eigenvalue weighted by Gasteiger charge is 2.16. The van der Waals surface area contributed by atoms with Crippen LogP contribution in [0.3, 0.4) is 0 Å². The van der Waals surface area contributed by atoms with Crippen molar-refractivity contribution >= 4 is 0 Å². The lowest BCUT2D eigenvalue weighted by molar-refractivity contribution is 0.324. The molecule has 4 heterocycles. The first-order valence-corrected chi connectivity index (χ1v) is 9.22. The zero-order valence-corrected chi connectivity index (χ0v) is 15.3. The second-order valence-corrected chi connectivity index (χ2v) is 6.99. The monoisotopic (exact) mass is 352 g/mol. The molecule has 0 aliphatic carbocycles. The van der Waals surface area contributed by atoms with Crippen LogP contribution < -0.4 is 5.32 Å². The van der Waals surface area contributed by atoms with E-state index in [4.69, 9.17) is 4.52 Å². The summed E-state index contributed by atoms with van der Waals surface area (Å²) < 4.78 is 7.26. The Kier molecular flexibility index (Phi) is 4.79. The second-order valence-electron chi connectivity index (χ2n) is 6.99. The van der Waals surface area contributed by atoms with Crippen molar-refractivity contribution in [2.24, 2.45) is 5.92 Å². The Morgan fingerprint density at radius 1 is 1.23 bits per heavy atom. The highest BCUT2D eigenvalue weighted by atomic mass is 16.5. The van der Waals surface area contributed by atoms with Crippen molar-refractivity contribution in [1.29, 1.82) is 0 Å². The Bertz CT molecular complexity index is 861. The highest BCUT2D eigenvalue weighted by molar-refractivity contribution is 5.53. The zero-order chi connectivity index (χ0) is 17.9. The molecular formula is C19H24N6O. The van der Waals surface area contributed by atoms with E-state index >= 15 is 0 Å². The van der Waals surface area contributed by atoms with Gasteiger partial charge in [0, 0.05) is 23.9 Å². The number of rotatable bonds is 5. The van der Waals surface area contributed by atoms with Gasteiger partial charge in [0.15, 0.2) is 5.82 Å². The summed E-state index contributed by atoms with van der Waals surface area (Å²) in [6.45, 7) is 6.23. The summed E-state index contributed by atoms with van der Waals surface area (Å²) in [5.41, 5.74) is 2.89. The van der Waals surface area contributed by atoms with Crippen LogP contribution in [0.1, 0.15) is 36.5 Å². The average molecular weight is 352 g/mol. The van der Waals surface area contributed by atoms with Gasteiger partial charge in [0.25, 0.3) is 0 Å². The highest BCUT2D eigenvalue weighted by Crippen LogP contribution is 2.21. The Morgan fingerprint density at radius 2 is 2.08 bits per heavy atom. The normalized spacial score (nSPS) is 15.5. The van der Waals surface area contributed by atoms with Crippen molar-refractivity contribution in [3.8, 4) is 17.2 Å². The predicted molar refractivity (Wildman–Crippen MR) is 98.0 cm³/mol. The quantitative estimate of drug-likeness (QED) is 0.760. The molecule has 0 spiro atoms. The smallest absolute Gasteiger partial charge is 0.226 e. The topological polar surface area (TPSA) is 81.7 Å². The number of nitrogens with zero attached hydrogens (tertiary/aromatic N) is 5. The van der Waals surface area contributed by atoms with Gasteiger partial charge < -0.3 is 9.84 Å². The largest absolute Gasteiger partial charge is 0.339 e. The second kappa shape index (κ2) is 7.37. The molecule has 0 aromatic carbocycles. The summed E-state index contributed by atoms with van der Waals surface area (Å²) >= 11 is 0. The third-order valence-corrected chi connectivity index (χ3v) is 4.93. The van der Waals surface area contributed by atoms with E-state index in [9.17, 15) is 0 Å². The molecule has 0 unspecified atom stereocenters. The Balaban J connectivity index is 1.43. The van der Waals surface area contributed by atoms with Crippen molar-refractivity contribution in [2.75, 3.05) is 13.1 Å². The fourth-order valence-electron chi connectivity index (χ4n) is 3.48. The number of nitrogens with one attached hydrogen (secondary N) is 1. The molecule has 3 aromatic rings. The van der Waals surface area contributed by atoms with E-state index in [1.165, 1.54) is 12.8 Å². The molecule has 7 nitrogen and oxygen atoms in total. The molecule has 0 saturated carbocycles. The van der Waals surface area contributed by atoms with Crippen molar-refractivity contribution < 1.29 is 4.52 Å². The zero-order valence-electron chi connectivity index (χ0n) is 15.3. The fourth-order valence-corrected chi connectivity index (χ4v) is 3.48. The number of aryl methyl sites for hydroxylation is 3. The number of aromatic nitrogens is 5. The number of pyridine rings is 1. The minimum atomic E-state index is 0.595. The first-order chi connectivity index (χ1) is 12.7. The van der Waals surface area contributed by atoms with Gasteiger partial charge in [-0.3, -0.25) is 0 Å². The maximum atomic E-state index is 5.43. The van der Waals surface area contributed by atoms with Crippen molar-refractivity contribution in [1.82, 2.24) is 30.2 Å². The molecule has 7 heteroatoms. The molecule has 1 saturated heterocycles. The Morgan fingerprint density at radius 3 is 2.77 bits per heavy atom. The van der Waals surface area contributed by atoms with Crippen molar-refractivity contribution in [3.05, 3.63) is 41.7 Å². The first-order valence-electron chi connectivity index (χ1n) is 9.22. The summed E-state index contributed by atoms with van der Waals surface area (Å²) in [5.74, 6) is 2.85. The van der Waals surface area contributed by atoms with Crippen molar-refractivity contribution in [2.45, 2.75) is 39.5 Å². The summed E-state index contributed by atoms with van der Waals surface area (Å²) in [5, 5.41) is 12.0. The van der Waals surface area contributed by atoms with E-state index in [-0.39, 0.29) is 0 Å². The predicted octanol–water partition coefficient (Wildman–Crippen LogP) is 2.87. The van der Waals surface area contributed by atoms with E-state index in [0.29, 0.717) is 11.7 Å². The molecule has 136 valence electrons. The lowest BCUT2D eigenvalue weighted by Crippen LogP contribution is -2.27. The molecular weight excluding hydrogens is 328 g/mol. The summed E-state index contributed by atoms with van der Waals surface area (Å²) in [7, 11) is 0. The molecule has 1 aliphatic rings. The molecule has 26 heavy (non-hydrogen) atoms. The van der Waals surface area contributed by atoms with Crippen LogP contribution >= 0.6 is 0 Å². The maximum Gasteiger partial charge on any atom is 0.226 e. The molecule has 1 fully saturated rings. The van der Waals surface area contributed by atoms with E-state index in [1.54, 1.807) is 6.20 Å². The minimum absolute atomic E-state index is 0.595. The van der Waals surface area contributed by atoms with Crippen LogP contribution in [0, 0.1) is 19.8 Å². The summed E-state index contributed by atoms with van der Waals surface area (Å²) in [6, 6.07) is 5.92. The molecule has 1 aliphatic heterocycles. The lowest BCUT2D eigenvalue weighted by Gasteiger charge is -2.21. The van der Waals surface area contributed by atoms with Crippen LogP contribution in [0.15, 0.2) is 28.9 Å². The number of hydrogen-bond donors (Lipinski definition) is 1. The molecule has 0 bridgehead atoms. The Hall–Kier alpha value is -2.54. The van der Waals surface area contributed by atoms with Crippen LogP contribution in [0.5, 0.6) is 0 Å². The number of hydrogen-bond acceptors (Lipinski definition) is 6. The first kappa shape index (κ1) is 16.9. The van der Waals surface area contributed by atoms with Gasteiger partial charge in [-0.2, -0.15) is 10.1 Å². The van der Waals surface area contributed by atoms with Crippen LogP contribution in [-0.2, 0) is 6.42 Å². The van der Waals surface area contributed by atoms with Gasteiger partial charge >= 0.3 is 0 Å². The van der Waals surface area contributed by atoms with Gasteiger partial charge in [0.2, 0.25) is 11.7 Å². The maximum absolute atomic E-state index is 5.43. The van der Waals surface area contributed by atoms with Gasteiger partial charge in [0.05, 0.1) is 5.69 Å². The van der Waals surface area contributed by atoms with Crippen LogP contribution in [0.4, 0.5) is 0 Å². The van der Waals surface area contributed by atoms with Gasteiger partial charge in [-0.1, -0.05) is 5.16 Å². The molecule has 0 radical (unpaired) electrons. The molecule has 1 N–H and O–H groups in total. The van der Waals surface area contributed by atoms with Crippen LogP contribution in [0.25, 0.3) is 17.2 Å². The molecule has 0 atom stereocenters. The third-order valence-electron chi connectivity index (χ3n) is 4.93. The van der Waals surface area contributed by atoms with Gasteiger partial charge in [-0.05, 0) is 70.3 Å². The van der Waals surface area contributed by atoms with Crippen LogP contribution in [-0.4, -0.2) is 38.0 Å². The van der Waals surface area contributed by atoms with E-state index in [0.717, 1.165) is 54.6 Å². The van der Waals surface area contributed by atoms with Gasteiger partial charge in [0.1, 0.15) is 0 Å².